The summed E-state index contributed by atoms with van der Waals surface area (Å²) in [6.07, 6.45) is 1.46. The Bertz CT molecular complexity index is 857. The van der Waals surface area contributed by atoms with Crippen LogP contribution in [0.4, 0.5) is 20.0 Å². The maximum absolute atomic E-state index is 12.8. The van der Waals surface area contributed by atoms with Crippen LogP contribution in [0.3, 0.4) is 0 Å². The molecule has 3 rings (SSSR count). The number of non-ortho nitro benzene ring substituents is 1. The Labute approximate surface area is 146 Å². The summed E-state index contributed by atoms with van der Waals surface area (Å²) in [6, 6.07) is 12.8. The van der Waals surface area contributed by atoms with Crippen molar-refractivity contribution in [1.29, 1.82) is 0 Å². The Morgan fingerprint density at radius 3 is 2.60 bits per heavy atom. The molecule has 126 valence electrons. The smallest absolute Gasteiger partial charge is 0.504 e. The second-order valence-electron chi connectivity index (χ2n) is 5.05. The first-order chi connectivity index (χ1) is 12.0. The number of nitro groups is 1. The predicted molar refractivity (Wildman–Crippen MR) is 94.4 cm³/mol. The minimum absolute atomic E-state index is 0.0398. The monoisotopic (exact) mass is 360 g/mol. The minimum atomic E-state index is -2.94. The van der Waals surface area contributed by atoms with Crippen LogP contribution in [-0.4, -0.2) is 24.4 Å². The molecule has 0 bridgehead atoms. The van der Waals surface area contributed by atoms with Crippen LogP contribution in [0.2, 0.25) is 0 Å². The molecule has 1 heterocycles. The second-order valence-corrected chi connectivity index (χ2v) is 6.07. The number of nitro benzene ring substituents is 1. The van der Waals surface area contributed by atoms with Crippen molar-refractivity contribution in [2.24, 2.45) is 4.99 Å². The van der Waals surface area contributed by atoms with Gasteiger partial charge in [-0.25, -0.2) is 8.63 Å². The van der Waals surface area contributed by atoms with Gasteiger partial charge in [0.15, 0.2) is 0 Å². The van der Waals surface area contributed by atoms with Gasteiger partial charge in [-0.1, -0.05) is 18.2 Å². The third-order valence-corrected chi connectivity index (χ3v) is 4.57. The van der Waals surface area contributed by atoms with Crippen LogP contribution < -0.4 is 0 Å². The molecular weight excluding hydrogens is 349 g/mol. The van der Waals surface area contributed by atoms with E-state index in [1.54, 1.807) is 12.1 Å². The normalized spacial score (nSPS) is 13.7. The summed E-state index contributed by atoms with van der Waals surface area (Å²) < 4.78 is 30.3. The molecule has 0 saturated carbocycles. The van der Waals surface area contributed by atoms with Crippen molar-refractivity contribution in [3.8, 4) is 0 Å². The van der Waals surface area contributed by atoms with Gasteiger partial charge in [0.05, 0.1) is 10.6 Å². The zero-order chi connectivity index (χ0) is 17.8. The van der Waals surface area contributed by atoms with E-state index >= 15 is 0 Å². The second kappa shape index (κ2) is 7.48. The van der Waals surface area contributed by atoms with Crippen LogP contribution in [-0.2, 0) is 4.65 Å². The largest absolute Gasteiger partial charge is 0.796 e. The molecule has 5 nitrogen and oxygen atoms in total. The fourth-order valence-electron chi connectivity index (χ4n) is 2.31. The van der Waals surface area contributed by atoms with E-state index in [-0.39, 0.29) is 11.4 Å². The van der Waals surface area contributed by atoms with E-state index in [0.29, 0.717) is 22.6 Å². The molecule has 2 aromatic rings. The molecule has 0 N–H and O–H groups in total. The molecule has 0 saturated heterocycles. The SMILES string of the molecule is O=[N+]([O-])c1ccc(N=CC2=C(OB(F)F)c3ccccc3SC2)cc1. The summed E-state index contributed by atoms with van der Waals surface area (Å²) >= 11 is 1.51. The summed E-state index contributed by atoms with van der Waals surface area (Å²) in [7, 11) is -2.94. The number of halogens is 2. The molecule has 1 aliphatic rings. The van der Waals surface area contributed by atoms with Gasteiger partial charge in [-0.15, -0.1) is 11.8 Å². The van der Waals surface area contributed by atoms with E-state index in [0.717, 1.165) is 4.90 Å². The van der Waals surface area contributed by atoms with Gasteiger partial charge in [0.2, 0.25) is 0 Å². The molecule has 1 aliphatic heterocycles. The van der Waals surface area contributed by atoms with Gasteiger partial charge in [-0.3, -0.25) is 15.1 Å². The molecular formula is C16H11BF2N2O3S. The Morgan fingerprint density at radius 1 is 1.20 bits per heavy atom. The van der Waals surface area contributed by atoms with Crippen LogP contribution in [0, 0.1) is 10.1 Å². The van der Waals surface area contributed by atoms with Crippen LogP contribution in [0.15, 0.2) is 64.0 Å². The summed E-state index contributed by atoms with van der Waals surface area (Å²) in [5.74, 6) is 0.547. The molecule has 0 amide bonds. The Kier molecular flexibility index (Phi) is 5.13. The molecule has 0 atom stereocenters. The molecule has 0 unspecified atom stereocenters. The highest BCUT2D eigenvalue weighted by Gasteiger charge is 2.26. The molecule has 0 spiro atoms. The van der Waals surface area contributed by atoms with Crippen LogP contribution in [0.1, 0.15) is 5.56 Å². The van der Waals surface area contributed by atoms with E-state index in [4.69, 9.17) is 4.65 Å². The Morgan fingerprint density at radius 2 is 1.92 bits per heavy atom. The number of rotatable bonds is 5. The zero-order valence-electron chi connectivity index (χ0n) is 12.8. The van der Waals surface area contributed by atoms with Crippen molar-refractivity contribution in [3.05, 3.63) is 69.8 Å². The topological polar surface area (TPSA) is 64.7 Å². The lowest BCUT2D eigenvalue weighted by molar-refractivity contribution is -0.384. The Balaban J connectivity index is 1.92. The van der Waals surface area contributed by atoms with Crippen molar-refractivity contribution < 1.29 is 18.2 Å². The first-order valence-electron chi connectivity index (χ1n) is 7.23. The van der Waals surface area contributed by atoms with E-state index in [1.807, 2.05) is 12.1 Å². The van der Waals surface area contributed by atoms with E-state index in [2.05, 4.69) is 4.99 Å². The first-order valence-corrected chi connectivity index (χ1v) is 8.22. The number of hydrogen-bond donors (Lipinski definition) is 0. The lowest BCUT2D eigenvalue weighted by Crippen LogP contribution is -2.11. The fourth-order valence-corrected chi connectivity index (χ4v) is 3.32. The molecule has 2 aromatic carbocycles. The van der Waals surface area contributed by atoms with E-state index < -0.39 is 12.4 Å². The standard InChI is InChI=1S/C16H11BF2N2O3S/c18-17(19)24-16-11(10-25-15-4-2-1-3-14(15)16)9-20-12-5-7-13(8-6-12)21(22)23/h1-9H,10H2. The highest BCUT2D eigenvalue weighted by molar-refractivity contribution is 7.99. The average Bonchev–Trinajstić information content (AvgIpc) is 2.61. The zero-order valence-corrected chi connectivity index (χ0v) is 13.6. The minimum Gasteiger partial charge on any atom is -0.504 e. The summed E-state index contributed by atoms with van der Waals surface area (Å²) in [6.45, 7) is 0. The average molecular weight is 360 g/mol. The van der Waals surface area contributed by atoms with Crippen molar-refractivity contribution in [3.63, 3.8) is 0 Å². The van der Waals surface area contributed by atoms with Crippen molar-refractivity contribution in [2.75, 3.05) is 5.75 Å². The van der Waals surface area contributed by atoms with Gasteiger partial charge >= 0.3 is 7.47 Å². The number of hydrogen-bond acceptors (Lipinski definition) is 5. The predicted octanol–water partition coefficient (Wildman–Crippen LogP) is 4.75. The number of aliphatic imine (C=N–C) groups is 1. The first kappa shape index (κ1) is 17.2. The van der Waals surface area contributed by atoms with Gasteiger partial charge in [-0.2, -0.15) is 0 Å². The number of benzene rings is 2. The summed E-state index contributed by atoms with van der Waals surface area (Å²) in [4.78, 5) is 15.2. The third kappa shape index (κ3) is 4.05. The van der Waals surface area contributed by atoms with Gasteiger partial charge in [0.1, 0.15) is 5.76 Å². The molecule has 25 heavy (non-hydrogen) atoms. The lowest BCUT2D eigenvalue weighted by atomic mass is 10.1. The Hall–Kier alpha value is -2.68. The molecule has 0 aromatic heterocycles. The molecule has 0 radical (unpaired) electrons. The quantitative estimate of drug-likeness (QED) is 0.334. The van der Waals surface area contributed by atoms with Gasteiger partial charge in [0.25, 0.3) is 5.69 Å². The maximum atomic E-state index is 12.8. The van der Waals surface area contributed by atoms with Crippen molar-refractivity contribution in [2.45, 2.75) is 4.90 Å². The number of nitrogens with zero attached hydrogens (tertiary/aromatic N) is 2. The van der Waals surface area contributed by atoms with Crippen LogP contribution in [0.25, 0.3) is 5.76 Å². The molecule has 9 heteroatoms. The van der Waals surface area contributed by atoms with Gasteiger partial charge in [-0.05, 0) is 18.2 Å². The lowest BCUT2D eigenvalue weighted by Gasteiger charge is -2.20. The molecule has 0 fully saturated rings. The van der Waals surface area contributed by atoms with Crippen molar-refractivity contribution in [1.82, 2.24) is 0 Å². The van der Waals surface area contributed by atoms with E-state index in [1.165, 1.54) is 42.2 Å². The molecule has 0 aliphatic carbocycles. The maximum Gasteiger partial charge on any atom is 0.796 e. The summed E-state index contributed by atoms with van der Waals surface area (Å²) in [5, 5.41) is 10.6. The van der Waals surface area contributed by atoms with Crippen LogP contribution in [0.5, 0.6) is 0 Å². The third-order valence-electron chi connectivity index (χ3n) is 3.44. The number of thioether (sulfide) groups is 1. The van der Waals surface area contributed by atoms with Gasteiger partial charge in [0, 0.05) is 40.1 Å². The highest BCUT2D eigenvalue weighted by atomic mass is 32.2. The summed E-state index contributed by atoms with van der Waals surface area (Å²) in [5.41, 5.74) is 1.58. The number of fused-ring (bicyclic) bond motifs is 1. The van der Waals surface area contributed by atoms with Crippen LogP contribution >= 0.6 is 11.8 Å². The van der Waals surface area contributed by atoms with Gasteiger partial charge < -0.3 is 4.65 Å². The fraction of sp³-hybridized carbons (Fsp3) is 0.0625. The highest BCUT2D eigenvalue weighted by Crippen LogP contribution is 2.37. The van der Waals surface area contributed by atoms with Crippen molar-refractivity contribution >= 4 is 42.6 Å². The van der Waals surface area contributed by atoms with E-state index in [9.17, 15) is 18.7 Å².